The van der Waals surface area contributed by atoms with Crippen molar-refractivity contribution in [1.29, 1.82) is 0 Å². The third kappa shape index (κ3) is 1.58. The zero-order valence-electron chi connectivity index (χ0n) is 7.41. The second-order valence-electron chi connectivity index (χ2n) is 3.60. The van der Waals surface area contributed by atoms with Crippen LogP contribution in [0.1, 0.15) is 30.0 Å². The van der Waals surface area contributed by atoms with Gasteiger partial charge in [0.05, 0.1) is 17.1 Å². The van der Waals surface area contributed by atoms with Crippen LogP contribution in [0.2, 0.25) is 0 Å². The van der Waals surface area contributed by atoms with Crippen molar-refractivity contribution in [2.24, 2.45) is 0 Å². The molecule has 1 aliphatic rings. The number of carbonyl (C=O) groups is 1. The van der Waals surface area contributed by atoms with Gasteiger partial charge in [-0.3, -0.25) is 4.79 Å². The molecule has 2 rings (SSSR count). The van der Waals surface area contributed by atoms with Crippen LogP contribution < -0.4 is 0 Å². The van der Waals surface area contributed by atoms with Crippen molar-refractivity contribution in [3.05, 3.63) is 16.1 Å². The van der Waals surface area contributed by atoms with E-state index in [4.69, 9.17) is 5.11 Å². The van der Waals surface area contributed by atoms with Crippen molar-refractivity contribution < 1.29 is 9.90 Å². The molecule has 1 N–H and O–H groups in total. The minimum Gasteiger partial charge on any atom is -0.481 e. The summed E-state index contributed by atoms with van der Waals surface area (Å²) in [5, 5.41) is 11.7. The van der Waals surface area contributed by atoms with Crippen LogP contribution in [0.25, 0.3) is 0 Å². The van der Waals surface area contributed by atoms with E-state index >= 15 is 0 Å². The first-order valence-electron chi connectivity index (χ1n) is 4.27. The van der Waals surface area contributed by atoms with Gasteiger partial charge in [0.1, 0.15) is 0 Å². The van der Waals surface area contributed by atoms with Crippen molar-refractivity contribution in [2.75, 3.05) is 0 Å². The largest absolute Gasteiger partial charge is 0.481 e. The number of hydrogen-bond donors (Lipinski definition) is 1. The molecule has 1 fully saturated rings. The van der Waals surface area contributed by atoms with Crippen LogP contribution >= 0.6 is 11.3 Å². The number of aromatic nitrogens is 1. The Labute approximate surface area is 80.4 Å². The number of nitrogens with zero attached hydrogens (tertiary/aromatic N) is 1. The lowest BCUT2D eigenvalue weighted by Crippen LogP contribution is -2.13. The third-order valence-electron chi connectivity index (χ3n) is 2.51. The first-order chi connectivity index (χ1) is 6.12. The van der Waals surface area contributed by atoms with Gasteiger partial charge in [-0.05, 0) is 19.8 Å². The van der Waals surface area contributed by atoms with Gasteiger partial charge in [0.2, 0.25) is 0 Å². The van der Waals surface area contributed by atoms with Gasteiger partial charge in [-0.15, -0.1) is 11.3 Å². The predicted octanol–water partition coefficient (Wildman–Crippen LogP) is 1.96. The van der Waals surface area contributed by atoms with Gasteiger partial charge in [0.15, 0.2) is 0 Å². The molecule has 70 valence electrons. The Balaban J connectivity index is 2.20. The number of thiazole rings is 1. The molecule has 0 amide bonds. The molecule has 1 aromatic heterocycles. The average Bonchev–Trinajstić information content (AvgIpc) is 2.65. The summed E-state index contributed by atoms with van der Waals surface area (Å²) in [6, 6.07) is 0. The van der Waals surface area contributed by atoms with Crippen LogP contribution in [0.5, 0.6) is 0 Å². The summed E-state index contributed by atoms with van der Waals surface area (Å²) >= 11 is 1.59. The molecule has 4 heteroatoms. The summed E-state index contributed by atoms with van der Waals surface area (Å²) in [4.78, 5) is 15.0. The molecule has 0 saturated heterocycles. The number of rotatable bonds is 3. The minimum absolute atomic E-state index is 0.114. The molecular formula is C9H11NO2S. The monoisotopic (exact) mass is 197 g/mol. The summed E-state index contributed by atoms with van der Waals surface area (Å²) < 4.78 is 0. The quantitative estimate of drug-likeness (QED) is 0.805. The second kappa shape index (κ2) is 2.80. The maximum atomic E-state index is 10.6. The average molecular weight is 197 g/mol. The lowest BCUT2D eigenvalue weighted by atomic mass is 9.99. The Kier molecular flexibility index (Phi) is 1.87. The predicted molar refractivity (Wildman–Crippen MR) is 50.0 cm³/mol. The SMILES string of the molecule is Cc1nc(C2(CC(=O)O)CC2)cs1. The van der Waals surface area contributed by atoms with E-state index in [1.807, 2.05) is 12.3 Å². The zero-order valence-corrected chi connectivity index (χ0v) is 8.23. The Bertz CT molecular complexity index is 341. The van der Waals surface area contributed by atoms with E-state index in [9.17, 15) is 4.79 Å². The maximum Gasteiger partial charge on any atom is 0.304 e. The molecule has 1 heterocycles. The molecule has 1 aliphatic carbocycles. The van der Waals surface area contributed by atoms with Gasteiger partial charge in [-0.2, -0.15) is 0 Å². The summed E-state index contributed by atoms with van der Waals surface area (Å²) in [6.45, 7) is 1.95. The molecule has 1 saturated carbocycles. The minimum atomic E-state index is -0.719. The number of carboxylic acid groups (broad SMARTS) is 1. The van der Waals surface area contributed by atoms with Crippen LogP contribution in [0.3, 0.4) is 0 Å². The van der Waals surface area contributed by atoms with Crippen LogP contribution in [0.4, 0.5) is 0 Å². The molecule has 0 unspecified atom stereocenters. The molecule has 0 atom stereocenters. The molecule has 0 aliphatic heterocycles. The molecule has 0 radical (unpaired) electrons. The zero-order chi connectivity index (χ0) is 9.47. The van der Waals surface area contributed by atoms with Crippen molar-refractivity contribution in [3.63, 3.8) is 0 Å². The van der Waals surface area contributed by atoms with Crippen LogP contribution in [-0.2, 0) is 10.2 Å². The molecule has 0 bridgehead atoms. The van der Waals surface area contributed by atoms with E-state index in [-0.39, 0.29) is 11.8 Å². The smallest absolute Gasteiger partial charge is 0.304 e. The highest BCUT2D eigenvalue weighted by molar-refractivity contribution is 7.09. The Morgan fingerprint density at radius 2 is 2.46 bits per heavy atom. The second-order valence-corrected chi connectivity index (χ2v) is 4.66. The fourth-order valence-electron chi connectivity index (χ4n) is 1.57. The fraction of sp³-hybridized carbons (Fsp3) is 0.556. The standard InChI is InChI=1S/C9H11NO2S/c1-6-10-7(5-13-6)9(2-3-9)4-8(11)12/h5H,2-4H2,1H3,(H,11,12). The normalized spacial score (nSPS) is 18.5. The number of carboxylic acids is 1. The summed E-state index contributed by atoms with van der Waals surface area (Å²) in [5.74, 6) is -0.719. The van der Waals surface area contributed by atoms with Crippen molar-refractivity contribution >= 4 is 17.3 Å². The number of hydrogen-bond acceptors (Lipinski definition) is 3. The van der Waals surface area contributed by atoms with Gasteiger partial charge in [0.25, 0.3) is 0 Å². The van der Waals surface area contributed by atoms with E-state index in [1.54, 1.807) is 11.3 Å². The van der Waals surface area contributed by atoms with E-state index in [0.29, 0.717) is 0 Å². The third-order valence-corrected chi connectivity index (χ3v) is 3.28. The van der Waals surface area contributed by atoms with Crippen LogP contribution in [0, 0.1) is 6.92 Å². The molecule has 13 heavy (non-hydrogen) atoms. The van der Waals surface area contributed by atoms with E-state index < -0.39 is 5.97 Å². The lowest BCUT2D eigenvalue weighted by Gasteiger charge is -2.07. The van der Waals surface area contributed by atoms with Crippen molar-refractivity contribution in [2.45, 2.75) is 31.6 Å². The lowest BCUT2D eigenvalue weighted by molar-refractivity contribution is -0.137. The Morgan fingerprint density at radius 1 is 1.77 bits per heavy atom. The number of aliphatic carboxylic acids is 1. The molecule has 0 aromatic carbocycles. The summed E-state index contributed by atoms with van der Waals surface area (Å²) in [7, 11) is 0. The van der Waals surface area contributed by atoms with Crippen LogP contribution in [0.15, 0.2) is 5.38 Å². The fourth-order valence-corrected chi connectivity index (χ4v) is 2.31. The maximum absolute atomic E-state index is 10.6. The first kappa shape index (κ1) is 8.69. The van der Waals surface area contributed by atoms with Crippen molar-refractivity contribution in [1.82, 2.24) is 4.98 Å². The molecule has 0 spiro atoms. The van der Waals surface area contributed by atoms with E-state index in [1.165, 1.54) is 0 Å². The first-order valence-corrected chi connectivity index (χ1v) is 5.15. The van der Waals surface area contributed by atoms with Gasteiger partial charge >= 0.3 is 5.97 Å². The van der Waals surface area contributed by atoms with Gasteiger partial charge in [0, 0.05) is 10.8 Å². The highest BCUT2D eigenvalue weighted by atomic mass is 32.1. The topological polar surface area (TPSA) is 50.2 Å². The summed E-state index contributed by atoms with van der Waals surface area (Å²) in [6.07, 6.45) is 2.18. The van der Waals surface area contributed by atoms with E-state index in [0.717, 1.165) is 23.5 Å². The Hall–Kier alpha value is -0.900. The van der Waals surface area contributed by atoms with E-state index in [2.05, 4.69) is 4.98 Å². The molecule has 1 aromatic rings. The van der Waals surface area contributed by atoms with Crippen molar-refractivity contribution in [3.8, 4) is 0 Å². The van der Waals surface area contributed by atoms with Gasteiger partial charge < -0.3 is 5.11 Å². The number of aryl methyl sites for hydroxylation is 1. The van der Waals surface area contributed by atoms with Gasteiger partial charge in [-0.25, -0.2) is 4.98 Å². The molecule has 3 nitrogen and oxygen atoms in total. The van der Waals surface area contributed by atoms with Gasteiger partial charge in [-0.1, -0.05) is 0 Å². The highest BCUT2D eigenvalue weighted by Gasteiger charge is 2.47. The Morgan fingerprint density at radius 3 is 2.85 bits per heavy atom. The summed E-state index contributed by atoms with van der Waals surface area (Å²) in [5.41, 5.74) is 0.869. The molecular weight excluding hydrogens is 186 g/mol. The highest BCUT2D eigenvalue weighted by Crippen LogP contribution is 2.50. The van der Waals surface area contributed by atoms with Crippen LogP contribution in [-0.4, -0.2) is 16.1 Å².